The number of carbonyl (C=O) groups is 2. The first-order valence-corrected chi connectivity index (χ1v) is 17.6. The van der Waals surface area contributed by atoms with E-state index in [0.717, 1.165) is 40.2 Å². The summed E-state index contributed by atoms with van der Waals surface area (Å²) in [7, 11) is -3.47. The monoisotopic (exact) mass is 666 g/mol. The van der Waals surface area contributed by atoms with E-state index in [1.807, 2.05) is 43.3 Å². The summed E-state index contributed by atoms with van der Waals surface area (Å²) in [5.74, 6) is -0.942. The molecule has 4 aromatic rings. The summed E-state index contributed by atoms with van der Waals surface area (Å²) in [6.07, 6.45) is 5.90. The van der Waals surface area contributed by atoms with Crippen molar-refractivity contribution in [1.82, 2.24) is 20.6 Å². The van der Waals surface area contributed by atoms with Gasteiger partial charge in [0.1, 0.15) is 22.8 Å². The summed E-state index contributed by atoms with van der Waals surface area (Å²) in [4.78, 5) is 34.1. The molecular formula is C33H35FN4O6S2. The quantitative estimate of drug-likeness (QED) is 0.143. The molecule has 2 aromatic heterocycles. The number of amides is 2. The fourth-order valence-corrected chi connectivity index (χ4v) is 6.30. The topological polar surface area (TPSA) is 137 Å². The predicted molar refractivity (Wildman–Crippen MR) is 173 cm³/mol. The molecule has 0 saturated heterocycles. The molecule has 0 unspecified atom stereocenters. The number of hydrogen-bond donors (Lipinski definition) is 2. The molecule has 0 bridgehead atoms. The maximum atomic E-state index is 14.3. The number of benzene rings is 2. The van der Waals surface area contributed by atoms with Gasteiger partial charge < -0.3 is 15.4 Å². The Morgan fingerprint density at radius 3 is 2.33 bits per heavy atom. The number of hydrogen-bond acceptors (Lipinski definition) is 9. The van der Waals surface area contributed by atoms with Gasteiger partial charge in [-0.1, -0.05) is 36.4 Å². The first kappa shape index (κ1) is 33.2. The van der Waals surface area contributed by atoms with E-state index in [4.69, 9.17) is 8.92 Å². The zero-order valence-electron chi connectivity index (χ0n) is 25.5. The molecule has 1 fully saturated rings. The molecule has 2 heterocycles. The van der Waals surface area contributed by atoms with Crippen molar-refractivity contribution in [2.24, 2.45) is 0 Å². The van der Waals surface area contributed by atoms with Crippen LogP contribution < -0.4 is 15.4 Å². The van der Waals surface area contributed by atoms with Gasteiger partial charge in [0.05, 0.1) is 24.1 Å². The van der Waals surface area contributed by atoms with Gasteiger partial charge in [-0.25, -0.2) is 14.4 Å². The van der Waals surface area contributed by atoms with Crippen LogP contribution >= 0.6 is 11.3 Å². The number of pyridine rings is 1. The Labute approximate surface area is 271 Å². The zero-order valence-corrected chi connectivity index (χ0v) is 27.1. The van der Waals surface area contributed by atoms with Crippen LogP contribution in [-0.4, -0.2) is 55.1 Å². The number of aryl methyl sites for hydroxylation is 2. The highest BCUT2D eigenvalue weighted by molar-refractivity contribution is 7.85. The van der Waals surface area contributed by atoms with E-state index >= 15 is 0 Å². The van der Waals surface area contributed by atoms with Crippen LogP contribution in [0.15, 0.2) is 66.2 Å². The molecule has 5 rings (SSSR count). The van der Waals surface area contributed by atoms with Gasteiger partial charge in [-0.2, -0.15) is 8.42 Å². The van der Waals surface area contributed by atoms with E-state index < -0.39 is 21.8 Å². The average molecular weight is 667 g/mol. The van der Waals surface area contributed by atoms with E-state index in [1.54, 1.807) is 17.5 Å². The maximum absolute atomic E-state index is 14.3. The van der Waals surface area contributed by atoms with Crippen molar-refractivity contribution >= 4 is 33.3 Å². The van der Waals surface area contributed by atoms with Crippen molar-refractivity contribution in [2.75, 3.05) is 12.9 Å². The van der Waals surface area contributed by atoms with Crippen molar-refractivity contribution in [3.8, 4) is 22.8 Å². The molecule has 10 nitrogen and oxygen atoms in total. The molecule has 1 aliphatic carbocycles. The highest BCUT2D eigenvalue weighted by Gasteiger charge is 2.26. The second-order valence-electron chi connectivity index (χ2n) is 11.2. The van der Waals surface area contributed by atoms with Gasteiger partial charge in [-0.05, 0) is 80.3 Å². The van der Waals surface area contributed by atoms with Crippen LogP contribution in [0.1, 0.15) is 63.5 Å². The summed E-state index contributed by atoms with van der Waals surface area (Å²) in [5.41, 5.74) is 3.20. The summed E-state index contributed by atoms with van der Waals surface area (Å²) in [6.45, 7) is 1.96. The lowest BCUT2D eigenvalue weighted by atomic mass is 9.91. The Morgan fingerprint density at radius 2 is 1.65 bits per heavy atom. The molecule has 2 aromatic carbocycles. The number of thiazole rings is 1. The van der Waals surface area contributed by atoms with Crippen molar-refractivity contribution in [3.05, 3.63) is 93.8 Å². The van der Waals surface area contributed by atoms with Crippen LogP contribution in [-0.2, 0) is 20.7 Å². The van der Waals surface area contributed by atoms with Crippen LogP contribution in [0.2, 0.25) is 0 Å². The van der Waals surface area contributed by atoms with Crippen molar-refractivity contribution < 1.29 is 31.3 Å². The lowest BCUT2D eigenvalue weighted by Crippen LogP contribution is -2.44. The number of aromatic nitrogens is 2. The van der Waals surface area contributed by atoms with Crippen LogP contribution in [0.4, 0.5) is 4.39 Å². The first-order valence-electron chi connectivity index (χ1n) is 14.9. The van der Waals surface area contributed by atoms with Gasteiger partial charge in [0.25, 0.3) is 21.9 Å². The molecule has 1 saturated carbocycles. The average Bonchev–Trinajstić information content (AvgIpc) is 3.47. The molecule has 46 heavy (non-hydrogen) atoms. The largest absolute Gasteiger partial charge is 0.438 e. The molecular weight excluding hydrogens is 632 g/mol. The molecule has 0 radical (unpaired) electrons. The second-order valence-corrected chi connectivity index (χ2v) is 13.9. The van der Waals surface area contributed by atoms with Gasteiger partial charge in [0, 0.05) is 17.5 Å². The Balaban J connectivity index is 1.20. The third kappa shape index (κ3) is 9.41. The fourth-order valence-electron chi connectivity index (χ4n) is 5.29. The van der Waals surface area contributed by atoms with Crippen LogP contribution in [0, 0.1) is 12.7 Å². The summed E-state index contributed by atoms with van der Waals surface area (Å²) < 4.78 is 47.5. The fraction of sp³-hybridized carbons (Fsp3) is 0.333. The predicted octanol–water partition coefficient (Wildman–Crippen LogP) is 5.82. The third-order valence-electron chi connectivity index (χ3n) is 7.53. The van der Waals surface area contributed by atoms with Crippen molar-refractivity contribution in [1.29, 1.82) is 0 Å². The number of nitrogens with one attached hydrogen (secondary N) is 2. The Bertz CT molecular complexity index is 1810. The Kier molecular flexibility index (Phi) is 10.8. The van der Waals surface area contributed by atoms with E-state index in [1.165, 1.54) is 11.3 Å². The standard InChI is InChI=1S/C33H35FN4O6S2/c1-21-36-30(20-45-21)32(40)38-27-13-11-26(12-14-27)37-31(39)29-18-25(34)19-35-33(29)44-28-10-4-9-24(17-28)23-8-3-6-22(16-23)7-5-15-43-46(2,41)42/h3-4,6,8-10,16-20,26-27H,5,7,11-15H2,1-2H3,(H,37,39)(H,38,40). The Morgan fingerprint density at radius 1 is 0.978 bits per heavy atom. The molecule has 13 heteroatoms. The number of halogens is 1. The third-order valence-corrected chi connectivity index (χ3v) is 8.90. The summed E-state index contributed by atoms with van der Waals surface area (Å²) >= 11 is 1.43. The zero-order chi connectivity index (χ0) is 32.7. The van der Waals surface area contributed by atoms with Gasteiger partial charge in [0.15, 0.2) is 0 Å². The first-order chi connectivity index (χ1) is 22.0. The molecule has 242 valence electrons. The molecule has 1 aliphatic rings. The van der Waals surface area contributed by atoms with Crippen molar-refractivity contribution in [3.63, 3.8) is 0 Å². The van der Waals surface area contributed by atoms with Gasteiger partial charge >= 0.3 is 0 Å². The highest BCUT2D eigenvalue weighted by Crippen LogP contribution is 2.30. The van der Waals surface area contributed by atoms with E-state index in [-0.39, 0.29) is 36.0 Å². The summed E-state index contributed by atoms with van der Waals surface area (Å²) in [6, 6.07) is 16.1. The Hall–Kier alpha value is -4.20. The molecule has 0 aliphatic heterocycles. The number of ether oxygens (including phenoxy) is 1. The SMILES string of the molecule is Cc1nc(C(=O)NC2CCC(NC(=O)c3cc(F)cnc3Oc3cccc(-c4cccc(CCCOS(C)(=O)=O)c4)c3)CC2)cs1. The maximum Gasteiger partial charge on any atom is 0.270 e. The second kappa shape index (κ2) is 14.9. The minimum absolute atomic E-state index is 0.0146. The minimum atomic E-state index is -3.47. The van der Waals surface area contributed by atoms with Crippen LogP contribution in [0.5, 0.6) is 11.6 Å². The number of carbonyl (C=O) groups excluding carboxylic acids is 2. The molecule has 2 amide bonds. The van der Waals surface area contributed by atoms with Gasteiger partial charge in [-0.3, -0.25) is 13.8 Å². The van der Waals surface area contributed by atoms with Crippen LogP contribution in [0.3, 0.4) is 0 Å². The smallest absolute Gasteiger partial charge is 0.270 e. The highest BCUT2D eigenvalue weighted by atomic mass is 32.2. The van der Waals surface area contributed by atoms with Crippen LogP contribution in [0.25, 0.3) is 11.1 Å². The van der Waals surface area contributed by atoms with E-state index in [2.05, 4.69) is 20.6 Å². The molecule has 0 spiro atoms. The summed E-state index contributed by atoms with van der Waals surface area (Å²) in [5, 5.41) is 8.57. The minimum Gasteiger partial charge on any atom is -0.438 e. The normalized spacial score (nSPS) is 16.5. The van der Waals surface area contributed by atoms with Gasteiger partial charge in [-0.15, -0.1) is 11.3 Å². The number of rotatable bonds is 12. The van der Waals surface area contributed by atoms with E-state index in [0.29, 0.717) is 50.0 Å². The van der Waals surface area contributed by atoms with Crippen molar-refractivity contribution in [2.45, 2.75) is 57.5 Å². The van der Waals surface area contributed by atoms with E-state index in [9.17, 15) is 22.4 Å². The molecule has 2 N–H and O–H groups in total. The lowest BCUT2D eigenvalue weighted by Gasteiger charge is -2.29. The number of nitrogens with zero attached hydrogens (tertiary/aromatic N) is 2. The lowest BCUT2D eigenvalue weighted by molar-refractivity contribution is 0.0888. The van der Waals surface area contributed by atoms with Gasteiger partial charge in [0.2, 0.25) is 5.88 Å². The molecule has 0 atom stereocenters.